The molecule has 1 aliphatic rings. The molecule has 1 aliphatic carbocycles. The van der Waals surface area contributed by atoms with E-state index in [1.165, 1.54) is 0 Å². The Morgan fingerprint density at radius 2 is 1.84 bits per heavy atom. The number of hydrogen-bond donors (Lipinski definition) is 1. The standard InChI is InChI=1S/C13H21NO5/c1-4-18-13(17)10(14-11(15)8(2)3)7-19-12(16)9-5-6-9/h8-10H,4-7H2,1-3H3,(H,14,15). The number of amides is 1. The number of carbonyl (C=O) groups is 3. The van der Waals surface area contributed by atoms with Gasteiger partial charge in [0.2, 0.25) is 5.91 Å². The zero-order valence-corrected chi connectivity index (χ0v) is 11.6. The van der Waals surface area contributed by atoms with Gasteiger partial charge in [-0.2, -0.15) is 0 Å². The van der Waals surface area contributed by atoms with E-state index in [1.54, 1.807) is 20.8 Å². The molecule has 1 rings (SSSR count). The summed E-state index contributed by atoms with van der Waals surface area (Å²) in [5.74, 6) is -1.46. The minimum absolute atomic E-state index is 0.0383. The molecule has 1 unspecified atom stereocenters. The van der Waals surface area contributed by atoms with E-state index >= 15 is 0 Å². The van der Waals surface area contributed by atoms with Crippen LogP contribution in [0.5, 0.6) is 0 Å². The van der Waals surface area contributed by atoms with E-state index < -0.39 is 12.0 Å². The second kappa shape index (κ2) is 7.11. The Hall–Kier alpha value is -1.59. The highest BCUT2D eigenvalue weighted by atomic mass is 16.6. The highest BCUT2D eigenvalue weighted by molar-refractivity contribution is 5.85. The average Bonchev–Trinajstić information content (AvgIpc) is 3.17. The SMILES string of the molecule is CCOC(=O)C(COC(=O)C1CC1)NC(=O)C(C)C. The number of carbonyl (C=O) groups excluding carboxylic acids is 3. The number of nitrogens with one attached hydrogen (secondary N) is 1. The molecule has 1 atom stereocenters. The maximum Gasteiger partial charge on any atom is 0.332 e. The van der Waals surface area contributed by atoms with E-state index in [0.29, 0.717) is 0 Å². The summed E-state index contributed by atoms with van der Waals surface area (Å²) in [6, 6.07) is -0.933. The van der Waals surface area contributed by atoms with Gasteiger partial charge >= 0.3 is 11.9 Å². The van der Waals surface area contributed by atoms with Crippen LogP contribution < -0.4 is 5.32 Å². The molecular weight excluding hydrogens is 250 g/mol. The van der Waals surface area contributed by atoms with Crippen LogP contribution in [-0.2, 0) is 23.9 Å². The van der Waals surface area contributed by atoms with Crippen molar-refractivity contribution in [1.82, 2.24) is 5.32 Å². The summed E-state index contributed by atoms with van der Waals surface area (Å²) in [5, 5.41) is 2.53. The molecule has 6 nitrogen and oxygen atoms in total. The van der Waals surface area contributed by atoms with Gasteiger partial charge in [0.05, 0.1) is 12.5 Å². The van der Waals surface area contributed by atoms with Crippen molar-refractivity contribution in [1.29, 1.82) is 0 Å². The van der Waals surface area contributed by atoms with E-state index in [2.05, 4.69) is 5.32 Å². The van der Waals surface area contributed by atoms with Gasteiger partial charge < -0.3 is 14.8 Å². The maximum atomic E-state index is 11.7. The predicted molar refractivity (Wildman–Crippen MR) is 67.1 cm³/mol. The molecule has 0 spiro atoms. The molecule has 0 aromatic rings. The molecule has 0 heterocycles. The number of hydrogen-bond acceptors (Lipinski definition) is 5. The van der Waals surface area contributed by atoms with Crippen molar-refractivity contribution in [3.63, 3.8) is 0 Å². The lowest BCUT2D eigenvalue weighted by Crippen LogP contribution is -2.46. The maximum absolute atomic E-state index is 11.7. The van der Waals surface area contributed by atoms with Crippen molar-refractivity contribution in [3.8, 4) is 0 Å². The molecule has 108 valence electrons. The average molecular weight is 271 g/mol. The minimum Gasteiger partial charge on any atom is -0.464 e. The third-order valence-electron chi connectivity index (χ3n) is 2.71. The van der Waals surface area contributed by atoms with Gasteiger partial charge in [0, 0.05) is 5.92 Å². The van der Waals surface area contributed by atoms with Crippen LogP contribution in [0.1, 0.15) is 33.6 Å². The number of rotatable bonds is 7. The molecule has 1 N–H and O–H groups in total. The third-order valence-corrected chi connectivity index (χ3v) is 2.71. The molecule has 0 bridgehead atoms. The zero-order chi connectivity index (χ0) is 14.4. The number of esters is 2. The van der Waals surface area contributed by atoms with Crippen molar-refractivity contribution in [3.05, 3.63) is 0 Å². The van der Waals surface area contributed by atoms with Crippen LogP contribution in [0.3, 0.4) is 0 Å². The Kier molecular flexibility index (Phi) is 5.79. The molecule has 1 amide bonds. The van der Waals surface area contributed by atoms with E-state index in [-0.39, 0.29) is 36.9 Å². The molecule has 1 saturated carbocycles. The Morgan fingerprint density at radius 3 is 2.32 bits per heavy atom. The van der Waals surface area contributed by atoms with E-state index in [9.17, 15) is 14.4 Å². The van der Waals surface area contributed by atoms with Crippen LogP contribution >= 0.6 is 0 Å². The van der Waals surface area contributed by atoms with Crippen LogP contribution in [0.25, 0.3) is 0 Å². The number of ether oxygens (including phenoxy) is 2. The molecule has 0 aromatic heterocycles. The lowest BCUT2D eigenvalue weighted by molar-refractivity contribution is -0.154. The van der Waals surface area contributed by atoms with Crippen molar-refractivity contribution in [2.75, 3.05) is 13.2 Å². The molecule has 0 radical (unpaired) electrons. The van der Waals surface area contributed by atoms with Crippen LogP contribution in [0.2, 0.25) is 0 Å². The summed E-state index contributed by atoms with van der Waals surface area (Å²) in [5.41, 5.74) is 0. The molecular formula is C13H21NO5. The van der Waals surface area contributed by atoms with Gasteiger partial charge in [0.25, 0.3) is 0 Å². The first kappa shape index (κ1) is 15.5. The minimum atomic E-state index is -0.933. The monoisotopic (exact) mass is 271 g/mol. The smallest absolute Gasteiger partial charge is 0.332 e. The topological polar surface area (TPSA) is 81.7 Å². The second-order valence-electron chi connectivity index (χ2n) is 4.87. The zero-order valence-electron chi connectivity index (χ0n) is 11.6. The van der Waals surface area contributed by atoms with Crippen molar-refractivity contribution < 1.29 is 23.9 Å². The largest absolute Gasteiger partial charge is 0.464 e. The van der Waals surface area contributed by atoms with Gasteiger partial charge in [-0.1, -0.05) is 13.8 Å². The highest BCUT2D eigenvalue weighted by Gasteiger charge is 2.33. The van der Waals surface area contributed by atoms with E-state index in [4.69, 9.17) is 9.47 Å². The van der Waals surface area contributed by atoms with Crippen LogP contribution in [0.4, 0.5) is 0 Å². The van der Waals surface area contributed by atoms with E-state index in [1.807, 2.05) is 0 Å². The molecule has 6 heteroatoms. The Labute approximate surface area is 112 Å². The quantitative estimate of drug-likeness (QED) is 0.687. The summed E-state index contributed by atoms with van der Waals surface area (Å²) in [6.07, 6.45) is 1.67. The summed E-state index contributed by atoms with van der Waals surface area (Å²) < 4.78 is 9.87. The molecule has 0 aliphatic heterocycles. The Balaban J connectivity index is 2.49. The van der Waals surface area contributed by atoms with Gasteiger partial charge in [0.1, 0.15) is 6.61 Å². The first-order valence-electron chi connectivity index (χ1n) is 6.59. The van der Waals surface area contributed by atoms with Crippen LogP contribution in [0.15, 0.2) is 0 Å². The fourth-order valence-corrected chi connectivity index (χ4v) is 1.35. The van der Waals surface area contributed by atoms with Crippen LogP contribution in [0, 0.1) is 11.8 Å². The third kappa shape index (κ3) is 5.28. The summed E-state index contributed by atoms with van der Waals surface area (Å²) in [4.78, 5) is 34.7. The van der Waals surface area contributed by atoms with Crippen molar-refractivity contribution in [2.45, 2.75) is 39.7 Å². The van der Waals surface area contributed by atoms with Gasteiger partial charge in [-0.15, -0.1) is 0 Å². The van der Waals surface area contributed by atoms with Gasteiger partial charge in [-0.05, 0) is 19.8 Å². The van der Waals surface area contributed by atoms with E-state index in [0.717, 1.165) is 12.8 Å². The Morgan fingerprint density at radius 1 is 1.21 bits per heavy atom. The molecule has 1 fully saturated rings. The fraction of sp³-hybridized carbons (Fsp3) is 0.769. The van der Waals surface area contributed by atoms with Gasteiger partial charge in [-0.3, -0.25) is 9.59 Å². The lowest BCUT2D eigenvalue weighted by Gasteiger charge is -2.18. The first-order valence-corrected chi connectivity index (χ1v) is 6.59. The summed E-state index contributed by atoms with van der Waals surface area (Å²) in [7, 11) is 0. The first-order chi connectivity index (χ1) is 8.95. The molecule has 0 aromatic carbocycles. The second-order valence-corrected chi connectivity index (χ2v) is 4.87. The molecule has 0 saturated heterocycles. The Bertz CT molecular complexity index is 349. The van der Waals surface area contributed by atoms with Crippen LogP contribution in [-0.4, -0.2) is 37.1 Å². The summed E-state index contributed by atoms with van der Waals surface area (Å²) >= 11 is 0. The fourth-order valence-electron chi connectivity index (χ4n) is 1.35. The normalized spacial score (nSPS) is 15.8. The van der Waals surface area contributed by atoms with Gasteiger partial charge in [-0.25, -0.2) is 4.79 Å². The lowest BCUT2D eigenvalue weighted by atomic mass is 10.2. The summed E-state index contributed by atoms with van der Waals surface area (Å²) in [6.45, 7) is 5.15. The predicted octanol–water partition coefficient (Wildman–Crippen LogP) is 0.643. The van der Waals surface area contributed by atoms with Crippen molar-refractivity contribution >= 4 is 17.8 Å². The van der Waals surface area contributed by atoms with Gasteiger partial charge in [0.15, 0.2) is 6.04 Å². The highest BCUT2D eigenvalue weighted by Crippen LogP contribution is 2.30. The molecule has 19 heavy (non-hydrogen) atoms. The van der Waals surface area contributed by atoms with Crippen molar-refractivity contribution in [2.24, 2.45) is 11.8 Å².